The van der Waals surface area contributed by atoms with E-state index in [1.165, 1.54) is 0 Å². The zero-order chi connectivity index (χ0) is 10.2. The Bertz CT molecular complexity index is 306. The van der Waals surface area contributed by atoms with E-state index in [9.17, 15) is 13.5 Å². The molecule has 2 rings (SSSR count). The summed E-state index contributed by atoms with van der Waals surface area (Å²) in [6.07, 6.45) is 1.63. The first-order chi connectivity index (χ1) is 6.58. The third-order valence-electron chi connectivity index (χ3n) is 3.69. The molecule has 0 bridgehead atoms. The minimum absolute atomic E-state index is 0.111. The molecule has 0 spiro atoms. The molecule has 0 amide bonds. The van der Waals surface area contributed by atoms with Gasteiger partial charge < -0.3 is 10.4 Å². The van der Waals surface area contributed by atoms with Gasteiger partial charge in [-0.05, 0) is 25.3 Å². The van der Waals surface area contributed by atoms with E-state index in [0.717, 1.165) is 25.9 Å². The molecule has 2 aliphatic rings. The van der Waals surface area contributed by atoms with E-state index in [1.54, 1.807) is 0 Å². The molecule has 0 aliphatic carbocycles. The van der Waals surface area contributed by atoms with E-state index in [1.807, 2.05) is 0 Å². The van der Waals surface area contributed by atoms with Crippen molar-refractivity contribution in [3.8, 4) is 0 Å². The molecule has 0 aromatic heterocycles. The van der Waals surface area contributed by atoms with Gasteiger partial charge in [0.15, 0.2) is 9.84 Å². The predicted molar refractivity (Wildman–Crippen MR) is 53.8 cm³/mol. The van der Waals surface area contributed by atoms with Crippen molar-refractivity contribution in [2.45, 2.75) is 12.8 Å². The van der Waals surface area contributed by atoms with Crippen molar-refractivity contribution in [1.29, 1.82) is 0 Å². The Labute approximate surface area is 84.6 Å². The van der Waals surface area contributed by atoms with Gasteiger partial charge >= 0.3 is 0 Å². The maximum atomic E-state index is 11.4. The smallest absolute Gasteiger partial charge is 0.150 e. The van der Waals surface area contributed by atoms with Gasteiger partial charge in [0.05, 0.1) is 18.1 Å². The third-order valence-corrected chi connectivity index (χ3v) is 5.46. The van der Waals surface area contributed by atoms with Crippen LogP contribution >= 0.6 is 0 Å². The van der Waals surface area contributed by atoms with Crippen molar-refractivity contribution >= 4 is 9.84 Å². The first-order valence-electron chi connectivity index (χ1n) is 5.10. The number of rotatable bonds is 2. The summed E-state index contributed by atoms with van der Waals surface area (Å²) in [4.78, 5) is 0. The van der Waals surface area contributed by atoms with Crippen LogP contribution in [0.25, 0.3) is 0 Å². The van der Waals surface area contributed by atoms with Crippen LogP contribution in [-0.2, 0) is 9.84 Å². The van der Waals surface area contributed by atoms with Crippen LogP contribution in [0.5, 0.6) is 0 Å². The maximum Gasteiger partial charge on any atom is 0.150 e. The molecular weight excluding hydrogens is 202 g/mol. The van der Waals surface area contributed by atoms with Crippen molar-refractivity contribution in [3.63, 3.8) is 0 Å². The van der Waals surface area contributed by atoms with Crippen LogP contribution < -0.4 is 5.32 Å². The molecule has 2 atom stereocenters. The van der Waals surface area contributed by atoms with Crippen molar-refractivity contribution in [2.75, 3.05) is 31.2 Å². The third kappa shape index (κ3) is 1.68. The summed E-state index contributed by atoms with van der Waals surface area (Å²) >= 11 is 0. The number of nitrogens with one attached hydrogen (secondary N) is 1. The fraction of sp³-hybridized carbons (Fsp3) is 1.00. The Kier molecular flexibility index (Phi) is 2.57. The second-order valence-corrected chi connectivity index (χ2v) is 6.78. The molecule has 0 saturated carbocycles. The Hall–Kier alpha value is -0.130. The quantitative estimate of drug-likeness (QED) is 0.650. The highest BCUT2D eigenvalue weighted by Crippen LogP contribution is 2.40. The first-order valence-corrected chi connectivity index (χ1v) is 6.92. The van der Waals surface area contributed by atoms with Crippen molar-refractivity contribution < 1.29 is 13.5 Å². The lowest BCUT2D eigenvalue weighted by molar-refractivity contribution is 0.0905. The van der Waals surface area contributed by atoms with Gasteiger partial charge in [-0.15, -0.1) is 0 Å². The number of sulfone groups is 1. The summed E-state index contributed by atoms with van der Waals surface area (Å²) in [5.41, 5.74) is -0.163. The molecule has 14 heavy (non-hydrogen) atoms. The zero-order valence-electron chi connectivity index (χ0n) is 8.20. The maximum absolute atomic E-state index is 11.4. The molecule has 0 aromatic rings. The van der Waals surface area contributed by atoms with Gasteiger partial charge in [0.25, 0.3) is 0 Å². The fourth-order valence-corrected chi connectivity index (χ4v) is 4.60. The fourth-order valence-electron chi connectivity index (χ4n) is 2.65. The average Bonchev–Trinajstić information content (AvgIpc) is 2.72. The van der Waals surface area contributed by atoms with E-state index < -0.39 is 9.84 Å². The molecule has 5 heteroatoms. The number of hydrogen-bond acceptors (Lipinski definition) is 4. The van der Waals surface area contributed by atoms with Crippen LogP contribution in [0.1, 0.15) is 12.8 Å². The van der Waals surface area contributed by atoms with Crippen molar-refractivity contribution in [3.05, 3.63) is 0 Å². The monoisotopic (exact) mass is 219 g/mol. The number of aliphatic hydroxyl groups is 1. The molecule has 2 fully saturated rings. The first kappa shape index (κ1) is 10.4. The number of aliphatic hydroxyl groups excluding tert-OH is 1. The van der Waals surface area contributed by atoms with Gasteiger partial charge in [0, 0.05) is 12.0 Å². The van der Waals surface area contributed by atoms with Gasteiger partial charge in [0.2, 0.25) is 0 Å². The number of hydrogen-bond donors (Lipinski definition) is 2. The van der Waals surface area contributed by atoms with Gasteiger partial charge in [-0.1, -0.05) is 0 Å². The minimum atomic E-state index is -2.82. The van der Waals surface area contributed by atoms with Crippen LogP contribution in [0.15, 0.2) is 0 Å². The van der Waals surface area contributed by atoms with Crippen LogP contribution in [-0.4, -0.2) is 44.7 Å². The van der Waals surface area contributed by atoms with Gasteiger partial charge in [-0.25, -0.2) is 8.42 Å². The van der Waals surface area contributed by atoms with E-state index >= 15 is 0 Å². The van der Waals surface area contributed by atoms with E-state index in [4.69, 9.17) is 0 Å². The SMILES string of the molecule is O=S1(=O)CCC(C2(CO)CCNC2)C1. The van der Waals surface area contributed by atoms with Crippen LogP contribution in [0.4, 0.5) is 0 Å². The molecule has 2 heterocycles. The Balaban J connectivity index is 2.14. The standard InChI is InChI=1S/C9H17NO3S/c11-7-9(2-3-10-6-9)8-1-4-14(12,13)5-8/h8,10-11H,1-7H2. The second kappa shape index (κ2) is 3.47. The van der Waals surface area contributed by atoms with Gasteiger partial charge in [-0.2, -0.15) is 0 Å². The summed E-state index contributed by atoms with van der Waals surface area (Å²) in [5.74, 6) is 0.738. The molecule has 2 N–H and O–H groups in total. The summed E-state index contributed by atoms with van der Waals surface area (Å²) in [6, 6.07) is 0. The Morgan fingerprint density at radius 3 is 2.71 bits per heavy atom. The summed E-state index contributed by atoms with van der Waals surface area (Å²) in [5, 5.41) is 12.6. The van der Waals surface area contributed by atoms with Crippen molar-refractivity contribution in [1.82, 2.24) is 5.32 Å². The molecule has 82 valence electrons. The minimum Gasteiger partial charge on any atom is -0.396 e. The van der Waals surface area contributed by atoms with Gasteiger partial charge in [-0.3, -0.25) is 0 Å². The lowest BCUT2D eigenvalue weighted by atomic mass is 9.75. The Morgan fingerprint density at radius 1 is 1.50 bits per heavy atom. The van der Waals surface area contributed by atoms with Crippen LogP contribution in [0, 0.1) is 11.3 Å². The molecule has 2 aliphatic heterocycles. The van der Waals surface area contributed by atoms with Crippen molar-refractivity contribution in [2.24, 2.45) is 11.3 Å². The largest absolute Gasteiger partial charge is 0.396 e. The van der Waals surface area contributed by atoms with Crippen LogP contribution in [0.2, 0.25) is 0 Å². The van der Waals surface area contributed by atoms with Crippen LogP contribution in [0.3, 0.4) is 0 Å². The van der Waals surface area contributed by atoms with E-state index in [2.05, 4.69) is 5.32 Å². The predicted octanol–water partition coefficient (Wildman–Crippen LogP) is -0.607. The lowest BCUT2D eigenvalue weighted by Gasteiger charge is -2.31. The zero-order valence-corrected chi connectivity index (χ0v) is 9.02. The molecule has 2 saturated heterocycles. The Morgan fingerprint density at radius 2 is 2.29 bits per heavy atom. The van der Waals surface area contributed by atoms with E-state index in [-0.39, 0.29) is 23.7 Å². The van der Waals surface area contributed by atoms with E-state index in [0.29, 0.717) is 5.75 Å². The average molecular weight is 219 g/mol. The summed E-state index contributed by atoms with van der Waals surface area (Å²) in [6.45, 7) is 1.78. The second-order valence-electron chi connectivity index (χ2n) is 4.55. The topological polar surface area (TPSA) is 66.4 Å². The molecule has 4 nitrogen and oxygen atoms in total. The normalized spacial score (nSPS) is 41.6. The molecule has 2 unspecified atom stereocenters. The summed E-state index contributed by atoms with van der Waals surface area (Å²) < 4.78 is 22.7. The lowest BCUT2D eigenvalue weighted by Crippen LogP contribution is -2.37. The molecule has 0 aromatic carbocycles. The highest BCUT2D eigenvalue weighted by molar-refractivity contribution is 7.91. The summed E-state index contributed by atoms with van der Waals surface area (Å²) in [7, 11) is -2.82. The highest BCUT2D eigenvalue weighted by atomic mass is 32.2. The highest BCUT2D eigenvalue weighted by Gasteiger charge is 2.45. The van der Waals surface area contributed by atoms with Gasteiger partial charge in [0.1, 0.15) is 0 Å². The molecular formula is C9H17NO3S. The molecule has 0 radical (unpaired) electrons.